The van der Waals surface area contributed by atoms with Gasteiger partial charge in [-0.05, 0) is 19.1 Å². The molecule has 0 spiro atoms. The van der Waals surface area contributed by atoms with Crippen LogP contribution in [-0.2, 0) is 0 Å². The average molecular weight is 294 g/mol. The quantitative estimate of drug-likeness (QED) is 0.515. The van der Waals surface area contributed by atoms with Crippen LogP contribution in [0.15, 0.2) is 36.4 Å². The summed E-state index contributed by atoms with van der Waals surface area (Å²) < 4.78 is 5.46. The maximum atomic E-state index is 10.8. The Kier molecular flexibility index (Phi) is 4.37. The number of nitrogens with one attached hydrogen (secondary N) is 1. The van der Waals surface area contributed by atoms with E-state index in [9.17, 15) is 10.1 Å². The van der Waals surface area contributed by atoms with E-state index >= 15 is 0 Å². The summed E-state index contributed by atoms with van der Waals surface area (Å²) in [7, 11) is 0. The van der Waals surface area contributed by atoms with E-state index < -0.39 is 4.92 Å². The maximum absolute atomic E-state index is 10.8. The third-order valence-corrected chi connectivity index (χ3v) is 2.63. The number of ether oxygens (including phenoxy) is 1. The molecule has 1 N–H and O–H groups in total. The van der Waals surface area contributed by atoms with Crippen LogP contribution in [0.25, 0.3) is 0 Å². The molecule has 1 heterocycles. The standard InChI is InChI=1S/C13H12ClN3O3/c1-2-20-11-6-4-3-5-10(11)15-13-8-9(17(18)19)7-12(14)16-13/h3-8H,2H2,1H3,(H,15,16). The van der Waals surface area contributed by atoms with Gasteiger partial charge in [0, 0.05) is 0 Å². The number of anilines is 2. The summed E-state index contributed by atoms with van der Waals surface area (Å²) >= 11 is 5.77. The number of rotatable bonds is 5. The highest BCUT2D eigenvalue weighted by Crippen LogP contribution is 2.29. The molecule has 0 aliphatic heterocycles. The molecule has 6 nitrogen and oxygen atoms in total. The lowest BCUT2D eigenvalue weighted by atomic mass is 10.3. The van der Waals surface area contributed by atoms with E-state index in [0.717, 1.165) is 0 Å². The molecule has 2 aromatic rings. The second kappa shape index (κ2) is 6.21. The summed E-state index contributed by atoms with van der Waals surface area (Å²) in [5.74, 6) is 0.927. The predicted molar refractivity (Wildman–Crippen MR) is 76.8 cm³/mol. The fraction of sp³-hybridized carbons (Fsp3) is 0.154. The number of nitro groups is 1. The molecular weight excluding hydrogens is 282 g/mol. The van der Waals surface area contributed by atoms with Crippen LogP contribution in [-0.4, -0.2) is 16.5 Å². The first kappa shape index (κ1) is 14.1. The van der Waals surface area contributed by atoms with E-state index in [2.05, 4.69) is 10.3 Å². The van der Waals surface area contributed by atoms with Crippen molar-refractivity contribution in [3.8, 4) is 5.75 Å². The van der Waals surface area contributed by atoms with Crippen molar-refractivity contribution in [3.05, 3.63) is 51.7 Å². The minimum atomic E-state index is -0.521. The number of aromatic nitrogens is 1. The van der Waals surface area contributed by atoms with Crippen molar-refractivity contribution in [2.24, 2.45) is 0 Å². The van der Waals surface area contributed by atoms with Crippen LogP contribution in [0.4, 0.5) is 17.2 Å². The smallest absolute Gasteiger partial charge is 0.276 e. The van der Waals surface area contributed by atoms with Crippen LogP contribution in [0.1, 0.15) is 6.92 Å². The van der Waals surface area contributed by atoms with E-state index in [1.807, 2.05) is 19.1 Å². The minimum Gasteiger partial charge on any atom is -0.492 e. The first-order valence-corrected chi connectivity index (χ1v) is 6.28. The lowest BCUT2D eigenvalue weighted by molar-refractivity contribution is -0.384. The predicted octanol–water partition coefficient (Wildman–Crippen LogP) is 3.79. The Hall–Kier alpha value is -2.34. The maximum Gasteiger partial charge on any atom is 0.276 e. The Bertz CT molecular complexity index is 634. The van der Waals surface area contributed by atoms with E-state index in [1.165, 1.54) is 12.1 Å². The molecule has 20 heavy (non-hydrogen) atoms. The second-order valence-corrected chi connectivity index (χ2v) is 4.23. The van der Waals surface area contributed by atoms with Gasteiger partial charge in [0.15, 0.2) is 0 Å². The van der Waals surface area contributed by atoms with E-state index in [1.54, 1.807) is 12.1 Å². The number of hydrogen-bond acceptors (Lipinski definition) is 5. The molecule has 0 saturated heterocycles. The summed E-state index contributed by atoms with van der Waals surface area (Å²) in [6, 6.07) is 9.76. The molecule has 0 aliphatic rings. The van der Waals surface area contributed by atoms with Gasteiger partial charge < -0.3 is 10.1 Å². The molecule has 0 saturated carbocycles. The van der Waals surface area contributed by atoms with Gasteiger partial charge in [0.25, 0.3) is 5.69 Å². The van der Waals surface area contributed by atoms with Crippen LogP contribution < -0.4 is 10.1 Å². The van der Waals surface area contributed by atoms with Gasteiger partial charge in [-0.3, -0.25) is 10.1 Å². The fourth-order valence-corrected chi connectivity index (χ4v) is 1.84. The Morgan fingerprint density at radius 2 is 2.15 bits per heavy atom. The lowest BCUT2D eigenvalue weighted by Gasteiger charge is -2.11. The zero-order chi connectivity index (χ0) is 14.5. The topological polar surface area (TPSA) is 77.3 Å². The van der Waals surface area contributed by atoms with Gasteiger partial charge >= 0.3 is 0 Å². The molecular formula is C13H12ClN3O3. The van der Waals surface area contributed by atoms with Crippen LogP contribution in [0, 0.1) is 10.1 Å². The van der Waals surface area contributed by atoms with E-state index in [4.69, 9.17) is 16.3 Å². The van der Waals surface area contributed by atoms with Gasteiger partial charge in [0.1, 0.15) is 16.7 Å². The Balaban J connectivity index is 2.32. The molecule has 7 heteroatoms. The molecule has 1 aromatic heterocycles. The Morgan fingerprint density at radius 1 is 1.40 bits per heavy atom. The van der Waals surface area contributed by atoms with Crippen molar-refractivity contribution in [2.45, 2.75) is 6.92 Å². The molecule has 1 aromatic carbocycles. The summed E-state index contributed by atoms with van der Waals surface area (Å²) in [6.45, 7) is 2.39. The van der Waals surface area contributed by atoms with Gasteiger partial charge in [-0.1, -0.05) is 23.7 Å². The third kappa shape index (κ3) is 3.36. The largest absolute Gasteiger partial charge is 0.492 e. The van der Waals surface area contributed by atoms with Gasteiger partial charge in [-0.15, -0.1) is 0 Å². The van der Waals surface area contributed by atoms with Crippen LogP contribution in [0.5, 0.6) is 5.75 Å². The summed E-state index contributed by atoms with van der Waals surface area (Å²) in [5, 5.41) is 13.8. The van der Waals surface area contributed by atoms with Gasteiger partial charge in [0.2, 0.25) is 0 Å². The Morgan fingerprint density at radius 3 is 2.85 bits per heavy atom. The molecule has 0 aliphatic carbocycles. The highest BCUT2D eigenvalue weighted by molar-refractivity contribution is 6.29. The summed E-state index contributed by atoms with van der Waals surface area (Å²) in [6.07, 6.45) is 0. The number of nitrogens with zero attached hydrogens (tertiary/aromatic N) is 2. The number of hydrogen-bond donors (Lipinski definition) is 1. The molecule has 2 rings (SSSR count). The van der Waals surface area contributed by atoms with Crippen LogP contribution >= 0.6 is 11.6 Å². The minimum absolute atomic E-state index is 0.0515. The molecule has 0 unspecified atom stereocenters. The van der Waals surface area contributed by atoms with Crippen molar-refractivity contribution in [3.63, 3.8) is 0 Å². The number of halogens is 1. The number of benzene rings is 1. The van der Waals surface area contributed by atoms with E-state index in [-0.39, 0.29) is 16.7 Å². The highest BCUT2D eigenvalue weighted by atomic mass is 35.5. The molecule has 0 amide bonds. The average Bonchev–Trinajstić information content (AvgIpc) is 2.40. The van der Waals surface area contributed by atoms with Crippen LogP contribution in [0.2, 0.25) is 5.15 Å². The molecule has 0 radical (unpaired) electrons. The van der Waals surface area contributed by atoms with Gasteiger partial charge in [-0.2, -0.15) is 0 Å². The third-order valence-electron chi connectivity index (χ3n) is 2.44. The zero-order valence-electron chi connectivity index (χ0n) is 10.7. The van der Waals surface area contributed by atoms with Crippen molar-refractivity contribution >= 4 is 28.8 Å². The van der Waals surface area contributed by atoms with Crippen molar-refractivity contribution in [1.29, 1.82) is 0 Å². The van der Waals surface area contributed by atoms with E-state index in [0.29, 0.717) is 18.0 Å². The molecule has 104 valence electrons. The van der Waals surface area contributed by atoms with Crippen molar-refractivity contribution < 1.29 is 9.66 Å². The zero-order valence-corrected chi connectivity index (χ0v) is 11.4. The highest BCUT2D eigenvalue weighted by Gasteiger charge is 2.11. The normalized spacial score (nSPS) is 10.1. The number of para-hydroxylation sites is 2. The summed E-state index contributed by atoms with van der Waals surface area (Å²) in [4.78, 5) is 14.3. The van der Waals surface area contributed by atoms with Crippen molar-refractivity contribution in [1.82, 2.24) is 4.98 Å². The second-order valence-electron chi connectivity index (χ2n) is 3.84. The van der Waals surface area contributed by atoms with Gasteiger partial charge in [0.05, 0.1) is 29.4 Å². The molecule has 0 atom stereocenters. The van der Waals surface area contributed by atoms with Crippen molar-refractivity contribution in [2.75, 3.05) is 11.9 Å². The lowest BCUT2D eigenvalue weighted by Crippen LogP contribution is -2.00. The SMILES string of the molecule is CCOc1ccccc1Nc1cc([N+](=O)[O-])cc(Cl)n1. The molecule has 0 bridgehead atoms. The first-order valence-electron chi connectivity index (χ1n) is 5.91. The number of pyridine rings is 1. The Labute approximate surface area is 120 Å². The summed E-state index contributed by atoms with van der Waals surface area (Å²) in [5.41, 5.74) is 0.541. The first-order chi connectivity index (χ1) is 9.60. The monoisotopic (exact) mass is 293 g/mol. The fourth-order valence-electron chi connectivity index (χ4n) is 1.64. The molecule has 0 fully saturated rings. The van der Waals surface area contributed by atoms with Crippen LogP contribution in [0.3, 0.4) is 0 Å². The van der Waals surface area contributed by atoms with Gasteiger partial charge in [-0.25, -0.2) is 4.98 Å².